The van der Waals surface area contributed by atoms with Gasteiger partial charge < -0.3 is 4.74 Å². The molecule has 1 aliphatic heterocycles. The van der Waals surface area contributed by atoms with Crippen LogP contribution in [0.4, 0.5) is 0 Å². The summed E-state index contributed by atoms with van der Waals surface area (Å²) in [5.41, 5.74) is 7.75. The maximum atomic E-state index is 7.75. The van der Waals surface area contributed by atoms with E-state index in [4.69, 9.17) is 10.3 Å². The molecule has 0 saturated carbocycles. The van der Waals surface area contributed by atoms with Gasteiger partial charge in [0, 0.05) is 4.91 Å². The normalized spacial score (nSPS) is 26.0. The van der Waals surface area contributed by atoms with Crippen LogP contribution in [0.2, 0.25) is 0 Å². The lowest BCUT2D eigenvalue weighted by atomic mass is 10.5. The molecular formula is C3H5N3O. The average Bonchev–Trinajstić information content (AvgIpc) is 2.42. The molecule has 38 valence electrons. The fourth-order valence-corrected chi connectivity index (χ4v) is 0.301. The summed E-state index contributed by atoms with van der Waals surface area (Å²) in [6.07, 6.45) is 0.232. The fourth-order valence-electron chi connectivity index (χ4n) is 0.301. The number of hydrogen-bond acceptors (Lipinski definition) is 2. The van der Waals surface area contributed by atoms with Gasteiger partial charge in [-0.25, -0.2) is 0 Å². The van der Waals surface area contributed by atoms with Crippen molar-refractivity contribution < 1.29 is 4.74 Å². The van der Waals surface area contributed by atoms with Crippen LogP contribution >= 0.6 is 0 Å². The molecule has 1 fully saturated rings. The predicted molar refractivity (Wildman–Crippen MR) is 23.8 cm³/mol. The van der Waals surface area contributed by atoms with Crippen molar-refractivity contribution in [3.8, 4) is 0 Å². The zero-order valence-electron chi connectivity index (χ0n) is 3.74. The van der Waals surface area contributed by atoms with E-state index in [9.17, 15) is 0 Å². The first-order valence-corrected chi connectivity index (χ1v) is 2.06. The molecule has 1 saturated heterocycles. The highest BCUT2D eigenvalue weighted by atomic mass is 16.6. The number of hydrogen-bond donors (Lipinski definition) is 0. The van der Waals surface area contributed by atoms with E-state index in [2.05, 4.69) is 10.0 Å². The Labute approximate surface area is 40.7 Å². The summed E-state index contributed by atoms with van der Waals surface area (Å²) >= 11 is 0. The Hall–Kier alpha value is -0.730. The van der Waals surface area contributed by atoms with Crippen LogP contribution < -0.4 is 0 Å². The summed E-state index contributed by atoms with van der Waals surface area (Å²) < 4.78 is 4.75. The van der Waals surface area contributed by atoms with E-state index in [1.54, 1.807) is 0 Å². The number of rotatable bonds is 2. The molecular weight excluding hydrogens is 94.1 g/mol. The molecule has 0 amide bonds. The molecule has 0 spiro atoms. The Morgan fingerprint density at radius 1 is 2.00 bits per heavy atom. The molecule has 1 unspecified atom stereocenters. The number of azide groups is 1. The van der Waals surface area contributed by atoms with Crippen LogP contribution in [0.25, 0.3) is 10.4 Å². The highest BCUT2D eigenvalue weighted by Crippen LogP contribution is 2.07. The van der Waals surface area contributed by atoms with E-state index >= 15 is 0 Å². The zero-order valence-corrected chi connectivity index (χ0v) is 3.74. The number of nitrogens with zero attached hydrogens (tertiary/aromatic N) is 3. The van der Waals surface area contributed by atoms with Gasteiger partial charge >= 0.3 is 0 Å². The quantitative estimate of drug-likeness (QED) is 0.217. The molecule has 7 heavy (non-hydrogen) atoms. The smallest absolute Gasteiger partial charge is 0.0866 e. The molecule has 4 heteroatoms. The van der Waals surface area contributed by atoms with Gasteiger partial charge in [0.15, 0.2) is 0 Å². The minimum Gasteiger partial charge on any atom is -0.373 e. The van der Waals surface area contributed by atoms with Gasteiger partial charge in [-0.05, 0) is 5.53 Å². The van der Waals surface area contributed by atoms with Crippen molar-refractivity contribution in [2.75, 3.05) is 13.2 Å². The summed E-state index contributed by atoms with van der Waals surface area (Å²) in [5.74, 6) is 0. The molecule has 1 atom stereocenters. The Morgan fingerprint density at radius 3 is 3.14 bits per heavy atom. The highest BCUT2D eigenvalue weighted by Gasteiger charge is 2.20. The van der Waals surface area contributed by atoms with Crippen LogP contribution in [0.5, 0.6) is 0 Å². The molecule has 4 nitrogen and oxygen atoms in total. The lowest BCUT2D eigenvalue weighted by Gasteiger charge is -1.72. The highest BCUT2D eigenvalue weighted by molar-refractivity contribution is 4.71. The third-order valence-electron chi connectivity index (χ3n) is 0.751. The van der Waals surface area contributed by atoms with Gasteiger partial charge in [0.05, 0.1) is 19.3 Å². The summed E-state index contributed by atoms with van der Waals surface area (Å²) in [6, 6.07) is 0. The van der Waals surface area contributed by atoms with Crippen LogP contribution in [0.1, 0.15) is 0 Å². The molecule has 0 bridgehead atoms. The van der Waals surface area contributed by atoms with Crippen LogP contribution in [0.15, 0.2) is 5.11 Å². The Bertz CT molecular complexity index is 103. The zero-order chi connectivity index (χ0) is 5.11. The Balaban J connectivity index is 2.09. The van der Waals surface area contributed by atoms with Gasteiger partial charge in [0.25, 0.3) is 0 Å². The maximum absolute atomic E-state index is 7.75. The number of ether oxygens (including phenoxy) is 1. The first-order valence-electron chi connectivity index (χ1n) is 2.06. The van der Waals surface area contributed by atoms with E-state index in [-0.39, 0.29) is 6.10 Å². The van der Waals surface area contributed by atoms with Crippen molar-refractivity contribution >= 4 is 0 Å². The Kier molecular flexibility index (Phi) is 1.15. The van der Waals surface area contributed by atoms with Gasteiger partial charge in [-0.15, -0.1) is 0 Å². The van der Waals surface area contributed by atoms with Gasteiger partial charge in [-0.1, -0.05) is 5.11 Å². The second-order valence-electron chi connectivity index (χ2n) is 1.37. The monoisotopic (exact) mass is 99.0 g/mol. The molecule has 1 rings (SSSR count). The summed E-state index contributed by atoms with van der Waals surface area (Å²) in [5, 5.41) is 3.29. The fraction of sp³-hybridized carbons (Fsp3) is 1.00. The molecule has 1 aliphatic rings. The van der Waals surface area contributed by atoms with Crippen molar-refractivity contribution in [2.24, 2.45) is 5.11 Å². The van der Waals surface area contributed by atoms with E-state index < -0.39 is 0 Å². The maximum Gasteiger partial charge on any atom is 0.0866 e. The predicted octanol–water partition coefficient (Wildman–Crippen LogP) is 0.696. The van der Waals surface area contributed by atoms with E-state index in [1.807, 2.05) is 0 Å². The topological polar surface area (TPSA) is 61.3 Å². The molecule has 0 aliphatic carbocycles. The molecule has 0 radical (unpaired) electrons. The van der Waals surface area contributed by atoms with Gasteiger partial charge in [-0.3, -0.25) is 0 Å². The van der Waals surface area contributed by atoms with E-state index in [0.29, 0.717) is 6.54 Å². The van der Waals surface area contributed by atoms with Crippen molar-refractivity contribution in [2.45, 2.75) is 6.10 Å². The van der Waals surface area contributed by atoms with Crippen LogP contribution in [0, 0.1) is 0 Å². The third kappa shape index (κ3) is 1.43. The molecule has 0 aromatic carbocycles. The molecule has 0 aromatic heterocycles. The van der Waals surface area contributed by atoms with Gasteiger partial charge in [-0.2, -0.15) is 0 Å². The third-order valence-corrected chi connectivity index (χ3v) is 0.751. The molecule has 1 heterocycles. The van der Waals surface area contributed by atoms with Gasteiger partial charge in [0.1, 0.15) is 0 Å². The lowest BCUT2D eigenvalue weighted by Crippen LogP contribution is -1.86. The number of epoxide rings is 1. The van der Waals surface area contributed by atoms with Crippen molar-refractivity contribution in [3.63, 3.8) is 0 Å². The minimum atomic E-state index is 0.232. The second kappa shape index (κ2) is 1.82. The van der Waals surface area contributed by atoms with E-state index in [1.165, 1.54) is 0 Å². The lowest BCUT2D eigenvalue weighted by molar-refractivity contribution is 0.412. The Morgan fingerprint density at radius 2 is 2.71 bits per heavy atom. The molecule has 0 aromatic rings. The first kappa shape index (κ1) is 4.43. The minimum absolute atomic E-state index is 0.232. The van der Waals surface area contributed by atoms with Crippen LogP contribution in [-0.2, 0) is 4.74 Å². The largest absolute Gasteiger partial charge is 0.373 e. The first-order chi connectivity index (χ1) is 3.43. The van der Waals surface area contributed by atoms with Crippen molar-refractivity contribution in [1.29, 1.82) is 0 Å². The SMILES string of the molecule is [N-]=[N+]=NCC1CO1. The van der Waals surface area contributed by atoms with Crippen LogP contribution in [0.3, 0.4) is 0 Å². The summed E-state index contributed by atoms with van der Waals surface area (Å²) in [6.45, 7) is 1.26. The average molecular weight is 99.1 g/mol. The summed E-state index contributed by atoms with van der Waals surface area (Å²) in [4.78, 5) is 2.56. The summed E-state index contributed by atoms with van der Waals surface area (Å²) in [7, 11) is 0. The van der Waals surface area contributed by atoms with Gasteiger partial charge in [0.2, 0.25) is 0 Å². The van der Waals surface area contributed by atoms with E-state index in [0.717, 1.165) is 6.61 Å². The molecule has 0 N–H and O–H groups in total. The van der Waals surface area contributed by atoms with Crippen LogP contribution in [-0.4, -0.2) is 19.3 Å². The van der Waals surface area contributed by atoms with Crippen molar-refractivity contribution in [3.05, 3.63) is 10.4 Å². The van der Waals surface area contributed by atoms with Crippen molar-refractivity contribution in [1.82, 2.24) is 0 Å². The standard InChI is InChI=1S/C3H5N3O/c4-6-5-1-3-2-7-3/h3H,1-2H2. The second-order valence-corrected chi connectivity index (χ2v) is 1.37.